The number of benzene rings is 1. The molecule has 1 aromatic rings. The molecular formula is C18H30N2O2. The molecule has 4 nitrogen and oxygen atoms in total. The largest absolute Gasteiger partial charge is 0.493 e. The van der Waals surface area contributed by atoms with Gasteiger partial charge in [0, 0.05) is 18.6 Å². The first-order valence-electron chi connectivity index (χ1n) is 8.36. The maximum absolute atomic E-state index is 5.38. The molecule has 124 valence electrons. The van der Waals surface area contributed by atoms with Crippen LogP contribution in [0.4, 0.5) is 0 Å². The van der Waals surface area contributed by atoms with Gasteiger partial charge in [0.1, 0.15) is 0 Å². The molecule has 0 radical (unpaired) electrons. The second-order valence-corrected chi connectivity index (χ2v) is 6.13. The normalized spacial score (nSPS) is 20.1. The number of hydrogen-bond donors (Lipinski definition) is 1. The van der Waals surface area contributed by atoms with Gasteiger partial charge >= 0.3 is 0 Å². The molecule has 1 aliphatic heterocycles. The highest BCUT2D eigenvalue weighted by atomic mass is 16.5. The van der Waals surface area contributed by atoms with Crippen LogP contribution in [0.1, 0.15) is 32.3 Å². The fraction of sp³-hybridized carbons (Fsp3) is 0.667. The maximum atomic E-state index is 5.38. The Morgan fingerprint density at radius 3 is 2.73 bits per heavy atom. The van der Waals surface area contributed by atoms with E-state index in [1.165, 1.54) is 24.9 Å². The van der Waals surface area contributed by atoms with Crippen LogP contribution in [0.15, 0.2) is 18.2 Å². The molecule has 1 heterocycles. The Balaban J connectivity index is 1.85. The Labute approximate surface area is 134 Å². The highest BCUT2D eigenvalue weighted by Crippen LogP contribution is 2.28. The zero-order valence-electron chi connectivity index (χ0n) is 14.4. The molecule has 0 bridgehead atoms. The van der Waals surface area contributed by atoms with Crippen molar-refractivity contribution in [1.29, 1.82) is 0 Å². The molecule has 0 aliphatic carbocycles. The van der Waals surface area contributed by atoms with Crippen molar-refractivity contribution in [1.82, 2.24) is 10.2 Å². The lowest BCUT2D eigenvalue weighted by molar-refractivity contribution is 0.255. The van der Waals surface area contributed by atoms with Crippen molar-refractivity contribution in [3.8, 4) is 11.5 Å². The maximum Gasteiger partial charge on any atom is 0.160 e. The van der Waals surface area contributed by atoms with E-state index in [-0.39, 0.29) is 0 Å². The number of nitrogens with one attached hydrogen (secondary N) is 1. The molecule has 0 aromatic heterocycles. The molecule has 1 aromatic carbocycles. The molecule has 0 spiro atoms. The van der Waals surface area contributed by atoms with E-state index in [4.69, 9.17) is 9.47 Å². The minimum absolute atomic E-state index is 0.456. The average molecular weight is 306 g/mol. The van der Waals surface area contributed by atoms with Gasteiger partial charge in [-0.1, -0.05) is 13.0 Å². The van der Waals surface area contributed by atoms with Gasteiger partial charge in [-0.2, -0.15) is 0 Å². The van der Waals surface area contributed by atoms with Crippen LogP contribution in [0, 0.1) is 0 Å². The van der Waals surface area contributed by atoms with E-state index in [0.717, 1.165) is 31.0 Å². The third-order valence-electron chi connectivity index (χ3n) is 4.60. The summed E-state index contributed by atoms with van der Waals surface area (Å²) >= 11 is 0. The standard InChI is InChI=1S/C18H30N2O2/c1-5-20-10-6-7-16(20)13-19-14(2)11-15-8-9-17(21-3)18(12-15)22-4/h8-9,12,14,16,19H,5-7,10-11,13H2,1-4H3. The highest BCUT2D eigenvalue weighted by molar-refractivity contribution is 5.43. The first kappa shape index (κ1) is 17.1. The summed E-state index contributed by atoms with van der Waals surface area (Å²) in [5.74, 6) is 1.59. The number of nitrogens with zero attached hydrogens (tertiary/aromatic N) is 1. The second kappa shape index (κ2) is 8.39. The molecule has 1 saturated heterocycles. The lowest BCUT2D eigenvalue weighted by Gasteiger charge is -2.25. The molecule has 4 heteroatoms. The summed E-state index contributed by atoms with van der Waals surface area (Å²) < 4.78 is 10.7. The highest BCUT2D eigenvalue weighted by Gasteiger charge is 2.22. The summed E-state index contributed by atoms with van der Waals surface area (Å²) in [6, 6.07) is 7.34. The zero-order valence-corrected chi connectivity index (χ0v) is 14.4. The summed E-state index contributed by atoms with van der Waals surface area (Å²) in [5, 5.41) is 3.69. The summed E-state index contributed by atoms with van der Waals surface area (Å²) in [6.07, 6.45) is 3.66. The van der Waals surface area contributed by atoms with Gasteiger partial charge < -0.3 is 14.8 Å². The summed E-state index contributed by atoms with van der Waals surface area (Å²) in [7, 11) is 3.35. The molecule has 1 N–H and O–H groups in total. The van der Waals surface area contributed by atoms with Crippen molar-refractivity contribution >= 4 is 0 Å². The fourth-order valence-corrected chi connectivity index (χ4v) is 3.31. The molecule has 0 saturated carbocycles. The van der Waals surface area contributed by atoms with Crippen molar-refractivity contribution in [2.45, 2.75) is 45.2 Å². The molecular weight excluding hydrogens is 276 g/mol. The predicted octanol–water partition coefficient (Wildman–Crippen LogP) is 2.71. The van der Waals surface area contributed by atoms with Crippen LogP contribution >= 0.6 is 0 Å². The van der Waals surface area contributed by atoms with Crippen LogP contribution < -0.4 is 14.8 Å². The van der Waals surface area contributed by atoms with Gasteiger partial charge in [0.05, 0.1) is 14.2 Å². The van der Waals surface area contributed by atoms with Gasteiger partial charge in [0.2, 0.25) is 0 Å². The van der Waals surface area contributed by atoms with Crippen LogP contribution in [-0.2, 0) is 6.42 Å². The van der Waals surface area contributed by atoms with Crippen molar-refractivity contribution in [2.24, 2.45) is 0 Å². The van der Waals surface area contributed by atoms with Gasteiger partial charge in [-0.15, -0.1) is 0 Å². The van der Waals surface area contributed by atoms with Crippen molar-refractivity contribution in [2.75, 3.05) is 33.9 Å². The van der Waals surface area contributed by atoms with Crippen LogP contribution in [0.3, 0.4) is 0 Å². The van der Waals surface area contributed by atoms with Gasteiger partial charge in [0.25, 0.3) is 0 Å². The number of likely N-dealkylation sites (N-methyl/N-ethyl adjacent to an activating group) is 1. The minimum Gasteiger partial charge on any atom is -0.493 e. The lowest BCUT2D eigenvalue weighted by atomic mass is 10.1. The number of ether oxygens (including phenoxy) is 2. The molecule has 22 heavy (non-hydrogen) atoms. The quantitative estimate of drug-likeness (QED) is 0.801. The monoisotopic (exact) mass is 306 g/mol. The molecule has 2 unspecified atom stereocenters. The first-order valence-corrected chi connectivity index (χ1v) is 8.36. The van der Waals surface area contributed by atoms with Gasteiger partial charge in [0.15, 0.2) is 11.5 Å². The zero-order chi connectivity index (χ0) is 15.9. The van der Waals surface area contributed by atoms with E-state index in [0.29, 0.717) is 12.1 Å². The number of rotatable bonds is 8. The van der Waals surface area contributed by atoms with Crippen LogP contribution in [0.25, 0.3) is 0 Å². The number of likely N-dealkylation sites (tertiary alicyclic amines) is 1. The first-order chi connectivity index (χ1) is 10.7. The SMILES string of the molecule is CCN1CCCC1CNC(C)Cc1ccc(OC)c(OC)c1. The van der Waals surface area contributed by atoms with Gasteiger partial charge in [-0.3, -0.25) is 4.90 Å². The number of hydrogen-bond acceptors (Lipinski definition) is 4. The van der Waals surface area contributed by atoms with Crippen LogP contribution in [-0.4, -0.2) is 50.8 Å². The Morgan fingerprint density at radius 2 is 2.05 bits per heavy atom. The van der Waals surface area contributed by atoms with Gasteiger partial charge in [-0.05, 0) is 57.0 Å². The second-order valence-electron chi connectivity index (χ2n) is 6.13. The van der Waals surface area contributed by atoms with E-state index in [2.05, 4.69) is 36.2 Å². The van der Waals surface area contributed by atoms with E-state index in [1.807, 2.05) is 6.07 Å². The van der Waals surface area contributed by atoms with Crippen LogP contribution in [0.2, 0.25) is 0 Å². The van der Waals surface area contributed by atoms with Crippen molar-refractivity contribution in [3.05, 3.63) is 23.8 Å². The molecule has 1 aliphatic rings. The Kier molecular flexibility index (Phi) is 6.52. The minimum atomic E-state index is 0.456. The van der Waals surface area contributed by atoms with E-state index in [1.54, 1.807) is 14.2 Å². The summed E-state index contributed by atoms with van der Waals surface area (Å²) in [4.78, 5) is 2.58. The molecule has 0 amide bonds. The van der Waals surface area contributed by atoms with E-state index in [9.17, 15) is 0 Å². The fourth-order valence-electron chi connectivity index (χ4n) is 3.31. The van der Waals surface area contributed by atoms with Gasteiger partial charge in [-0.25, -0.2) is 0 Å². The molecule has 2 rings (SSSR count). The molecule has 2 atom stereocenters. The third-order valence-corrected chi connectivity index (χ3v) is 4.60. The topological polar surface area (TPSA) is 33.7 Å². The Morgan fingerprint density at radius 1 is 1.27 bits per heavy atom. The Bertz CT molecular complexity index is 464. The third kappa shape index (κ3) is 4.37. The predicted molar refractivity (Wildman–Crippen MR) is 91.0 cm³/mol. The lowest BCUT2D eigenvalue weighted by Crippen LogP contribution is -2.41. The molecule has 1 fully saturated rings. The van der Waals surface area contributed by atoms with E-state index >= 15 is 0 Å². The summed E-state index contributed by atoms with van der Waals surface area (Å²) in [6.45, 7) is 8.01. The van der Waals surface area contributed by atoms with E-state index < -0.39 is 0 Å². The van der Waals surface area contributed by atoms with Crippen molar-refractivity contribution in [3.63, 3.8) is 0 Å². The smallest absolute Gasteiger partial charge is 0.160 e. The average Bonchev–Trinajstić information content (AvgIpc) is 3.00. The Hall–Kier alpha value is -1.26. The summed E-state index contributed by atoms with van der Waals surface area (Å²) in [5.41, 5.74) is 1.27. The van der Waals surface area contributed by atoms with Crippen LogP contribution in [0.5, 0.6) is 11.5 Å². The number of methoxy groups -OCH3 is 2. The van der Waals surface area contributed by atoms with Crippen molar-refractivity contribution < 1.29 is 9.47 Å².